The molecule has 156 valence electrons. The zero-order valence-corrected chi connectivity index (χ0v) is 17.4. The topological polar surface area (TPSA) is 81.4 Å². The number of benzene rings is 1. The average molecular weight is 428 g/mol. The number of carboxylic acid groups (broad SMARTS) is 1. The number of hydrogen-bond donors (Lipinski definition) is 1. The second-order valence-electron chi connectivity index (χ2n) is 7.63. The van der Waals surface area contributed by atoms with Gasteiger partial charge in [-0.15, -0.1) is 11.3 Å². The van der Waals surface area contributed by atoms with E-state index in [1.165, 1.54) is 23.5 Å². The minimum atomic E-state index is -1.15. The number of pyridine rings is 1. The van der Waals surface area contributed by atoms with Crippen LogP contribution in [0.3, 0.4) is 0 Å². The highest BCUT2D eigenvalue weighted by Gasteiger charge is 2.26. The monoisotopic (exact) mass is 428 g/mol. The molecule has 0 aliphatic heterocycles. The molecular formula is C22H21FN2O4S. The first-order chi connectivity index (χ1) is 14.3. The van der Waals surface area contributed by atoms with Gasteiger partial charge in [0.2, 0.25) is 0 Å². The van der Waals surface area contributed by atoms with Crippen molar-refractivity contribution < 1.29 is 19.0 Å². The van der Waals surface area contributed by atoms with Gasteiger partial charge in [-0.2, -0.15) is 0 Å². The van der Waals surface area contributed by atoms with Crippen LogP contribution in [0.4, 0.5) is 4.39 Å². The normalized spacial score (nSPS) is 14.1. The molecule has 2 aromatic heterocycles. The Kier molecular flexibility index (Phi) is 5.42. The highest BCUT2D eigenvalue weighted by Crippen LogP contribution is 2.38. The van der Waals surface area contributed by atoms with Gasteiger partial charge in [-0.05, 0) is 30.9 Å². The van der Waals surface area contributed by atoms with E-state index in [1.807, 2.05) is 9.95 Å². The lowest BCUT2D eigenvalue weighted by atomic mass is 10.1. The molecule has 3 aromatic rings. The van der Waals surface area contributed by atoms with E-state index in [-0.39, 0.29) is 29.3 Å². The molecule has 6 nitrogen and oxygen atoms in total. The maximum absolute atomic E-state index is 14.7. The summed E-state index contributed by atoms with van der Waals surface area (Å²) < 4.78 is 22.3. The number of carbonyl (C=O) groups is 1. The van der Waals surface area contributed by atoms with Crippen molar-refractivity contribution in [2.45, 2.75) is 45.3 Å². The highest BCUT2D eigenvalue weighted by atomic mass is 32.1. The Hall–Kier alpha value is -3.00. The first kappa shape index (κ1) is 20.3. The van der Waals surface area contributed by atoms with Crippen LogP contribution in [0.25, 0.3) is 17.0 Å². The van der Waals surface area contributed by atoms with Crippen molar-refractivity contribution >= 4 is 34.3 Å². The molecule has 8 heteroatoms. The summed E-state index contributed by atoms with van der Waals surface area (Å²) in [6.07, 6.45) is 5.70. The lowest BCUT2D eigenvalue weighted by Gasteiger charge is -2.14. The molecule has 1 aromatic carbocycles. The molecule has 1 N–H and O–H groups in total. The predicted octanol–water partition coefficient (Wildman–Crippen LogP) is 4.73. The van der Waals surface area contributed by atoms with Crippen LogP contribution in [0.1, 0.15) is 54.9 Å². The Morgan fingerprint density at radius 3 is 2.83 bits per heavy atom. The van der Waals surface area contributed by atoms with Gasteiger partial charge in [0.1, 0.15) is 11.6 Å². The fraction of sp³-hybridized carbons (Fsp3) is 0.318. The Bertz CT molecular complexity index is 1210. The van der Waals surface area contributed by atoms with Crippen molar-refractivity contribution in [3.8, 4) is 5.75 Å². The average Bonchev–Trinajstić information content (AvgIpc) is 3.43. The smallest absolute Gasteiger partial charge is 0.328 e. The van der Waals surface area contributed by atoms with Gasteiger partial charge in [0.15, 0.2) is 17.0 Å². The summed E-state index contributed by atoms with van der Waals surface area (Å²) >= 11 is 1.47. The van der Waals surface area contributed by atoms with Crippen LogP contribution in [-0.4, -0.2) is 20.6 Å². The molecule has 0 amide bonds. The molecule has 0 saturated heterocycles. The Morgan fingerprint density at radius 1 is 1.43 bits per heavy atom. The second-order valence-corrected chi connectivity index (χ2v) is 8.58. The number of rotatable bonds is 7. The molecule has 1 aliphatic carbocycles. The molecule has 1 saturated carbocycles. The molecule has 4 rings (SSSR count). The summed E-state index contributed by atoms with van der Waals surface area (Å²) in [5.74, 6) is -1.41. The SMILES string of the molecule is CC(C)c1csc(COc2cc3c(cc2F)c(=O)c(/C=C\C(=O)O)cn3C2CC2)n1. The molecule has 1 fully saturated rings. The summed E-state index contributed by atoms with van der Waals surface area (Å²) in [6.45, 7) is 4.26. The second kappa shape index (κ2) is 8.02. The molecule has 2 heterocycles. The molecule has 30 heavy (non-hydrogen) atoms. The van der Waals surface area contributed by atoms with Gasteiger partial charge in [-0.1, -0.05) is 13.8 Å². The van der Waals surface area contributed by atoms with E-state index in [1.54, 1.807) is 12.3 Å². The van der Waals surface area contributed by atoms with Crippen LogP contribution in [0.2, 0.25) is 0 Å². The van der Waals surface area contributed by atoms with Gasteiger partial charge in [-0.25, -0.2) is 14.2 Å². The third kappa shape index (κ3) is 4.14. The summed E-state index contributed by atoms with van der Waals surface area (Å²) in [4.78, 5) is 28.1. The van der Waals surface area contributed by atoms with Gasteiger partial charge in [0.05, 0.1) is 11.2 Å². The number of aromatic nitrogens is 2. The fourth-order valence-corrected chi connectivity index (χ4v) is 4.08. The highest BCUT2D eigenvalue weighted by molar-refractivity contribution is 7.09. The van der Waals surface area contributed by atoms with E-state index >= 15 is 0 Å². The molecule has 0 unspecified atom stereocenters. The van der Waals surface area contributed by atoms with Crippen LogP contribution in [0, 0.1) is 5.82 Å². The van der Waals surface area contributed by atoms with Gasteiger partial charge in [0, 0.05) is 40.7 Å². The molecule has 0 radical (unpaired) electrons. The number of ether oxygens (including phenoxy) is 1. The summed E-state index contributed by atoms with van der Waals surface area (Å²) in [6, 6.07) is 2.92. The summed E-state index contributed by atoms with van der Waals surface area (Å²) in [5, 5.41) is 11.8. The third-order valence-electron chi connectivity index (χ3n) is 4.97. The van der Waals surface area contributed by atoms with Gasteiger partial charge in [-0.3, -0.25) is 4.79 Å². The summed E-state index contributed by atoms with van der Waals surface area (Å²) in [5.41, 5.74) is 1.36. The number of nitrogens with zero attached hydrogens (tertiary/aromatic N) is 2. The minimum absolute atomic E-state index is 0.0615. The molecule has 0 spiro atoms. The lowest BCUT2D eigenvalue weighted by molar-refractivity contribution is -0.131. The van der Waals surface area contributed by atoms with Crippen LogP contribution in [0.15, 0.2) is 34.6 Å². The Morgan fingerprint density at radius 2 is 2.20 bits per heavy atom. The van der Waals surface area contributed by atoms with Crippen molar-refractivity contribution in [2.24, 2.45) is 0 Å². The maximum Gasteiger partial charge on any atom is 0.328 e. The molecule has 1 aliphatic rings. The van der Waals surface area contributed by atoms with E-state index in [0.29, 0.717) is 11.4 Å². The van der Waals surface area contributed by atoms with E-state index in [0.717, 1.165) is 29.6 Å². The first-order valence-corrected chi connectivity index (χ1v) is 10.6. The van der Waals surface area contributed by atoms with Crippen LogP contribution >= 0.6 is 11.3 Å². The molecular weight excluding hydrogens is 407 g/mol. The van der Waals surface area contributed by atoms with Crippen LogP contribution in [0.5, 0.6) is 5.75 Å². The van der Waals surface area contributed by atoms with Crippen LogP contribution < -0.4 is 10.2 Å². The maximum atomic E-state index is 14.7. The molecule has 0 atom stereocenters. The van der Waals surface area contributed by atoms with E-state index in [2.05, 4.69) is 18.8 Å². The zero-order valence-electron chi connectivity index (χ0n) is 16.6. The van der Waals surface area contributed by atoms with E-state index < -0.39 is 17.2 Å². The van der Waals surface area contributed by atoms with Crippen molar-refractivity contribution in [1.82, 2.24) is 9.55 Å². The molecule has 0 bridgehead atoms. The number of thiazole rings is 1. The Labute approximate surface area is 176 Å². The van der Waals surface area contributed by atoms with Gasteiger partial charge in [0.25, 0.3) is 0 Å². The first-order valence-electron chi connectivity index (χ1n) is 9.70. The largest absolute Gasteiger partial charge is 0.483 e. The fourth-order valence-electron chi connectivity index (χ4n) is 3.21. The number of fused-ring (bicyclic) bond motifs is 1. The lowest BCUT2D eigenvalue weighted by Crippen LogP contribution is -2.13. The number of halogens is 1. The van der Waals surface area contributed by atoms with Crippen molar-refractivity contribution in [3.05, 3.63) is 62.1 Å². The van der Waals surface area contributed by atoms with Crippen molar-refractivity contribution in [2.75, 3.05) is 0 Å². The van der Waals surface area contributed by atoms with Gasteiger partial charge < -0.3 is 14.4 Å². The zero-order chi connectivity index (χ0) is 21.4. The Balaban J connectivity index is 1.71. The minimum Gasteiger partial charge on any atom is -0.483 e. The standard InChI is InChI=1S/C22H21FN2O4S/c1-12(2)17-11-30-20(24-17)10-29-19-8-18-15(7-16(19)23)22(28)13(3-6-21(26)27)9-25(18)14-4-5-14/h3,6-9,11-12,14H,4-5,10H2,1-2H3,(H,26,27)/b6-3-. The predicted molar refractivity (Wildman–Crippen MR) is 114 cm³/mol. The number of hydrogen-bond acceptors (Lipinski definition) is 5. The number of carboxylic acids is 1. The van der Waals surface area contributed by atoms with Crippen LogP contribution in [-0.2, 0) is 11.4 Å². The van der Waals surface area contributed by atoms with E-state index in [4.69, 9.17) is 9.84 Å². The van der Waals surface area contributed by atoms with Crippen molar-refractivity contribution in [1.29, 1.82) is 0 Å². The third-order valence-corrected chi connectivity index (χ3v) is 5.81. The number of aliphatic carboxylic acids is 1. The van der Waals surface area contributed by atoms with Gasteiger partial charge >= 0.3 is 5.97 Å². The van der Waals surface area contributed by atoms with Crippen molar-refractivity contribution in [3.63, 3.8) is 0 Å². The summed E-state index contributed by atoms with van der Waals surface area (Å²) in [7, 11) is 0. The van der Waals surface area contributed by atoms with E-state index in [9.17, 15) is 14.0 Å². The quantitative estimate of drug-likeness (QED) is 0.550.